The zero-order valence-corrected chi connectivity index (χ0v) is 22.6. The average molecular weight is 494 g/mol. The van der Waals surface area contributed by atoms with Gasteiger partial charge in [0, 0.05) is 36.5 Å². The van der Waals surface area contributed by atoms with Crippen molar-refractivity contribution in [1.29, 1.82) is 0 Å². The van der Waals surface area contributed by atoms with E-state index in [1.807, 2.05) is 39.1 Å². The van der Waals surface area contributed by atoms with Gasteiger partial charge >= 0.3 is 0 Å². The zero-order chi connectivity index (χ0) is 26.9. The molecule has 1 saturated carbocycles. The van der Waals surface area contributed by atoms with E-state index in [2.05, 4.69) is 43.5 Å². The van der Waals surface area contributed by atoms with Gasteiger partial charge < -0.3 is 0 Å². The maximum absolute atomic E-state index is 12.8. The van der Waals surface area contributed by atoms with Gasteiger partial charge in [-0.1, -0.05) is 61.3 Å². The number of pyridine rings is 1. The van der Waals surface area contributed by atoms with Crippen LogP contribution in [0.2, 0.25) is 0 Å². The van der Waals surface area contributed by atoms with Crippen LogP contribution >= 0.6 is 0 Å². The average Bonchev–Trinajstić information content (AvgIpc) is 3.18. The third kappa shape index (κ3) is 7.66. The summed E-state index contributed by atoms with van der Waals surface area (Å²) in [6, 6.07) is 1.97. The number of ketones is 1. The van der Waals surface area contributed by atoms with Crippen molar-refractivity contribution < 1.29 is 4.79 Å². The maximum atomic E-state index is 12.8. The van der Waals surface area contributed by atoms with Gasteiger partial charge in [-0.15, -0.1) is 0 Å². The molecular formula is C33H39N3O. The van der Waals surface area contributed by atoms with Crippen LogP contribution in [0.1, 0.15) is 76.1 Å². The van der Waals surface area contributed by atoms with Gasteiger partial charge in [0.1, 0.15) is 0 Å². The summed E-state index contributed by atoms with van der Waals surface area (Å²) < 4.78 is 0. The van der Waals surface area contributed by atoms with Crippen molar-refractivity contribution in [3.8, 4) is 0 Å². The van der Waals surface area contributed by atoms with Crippen LogP contribution in [-0.2, 0) is 11.2 Å². The first kappa shape index (κ1) is 27.9. The molecule has 0 spiro atoms. The van der Waals surface area contributed by atoms with Crippen LogP contribution in [0, 0.1) is 5.92 Å². The second-order valence-electron chi connectivity index (χ2n) is 9.99. The smallest absolute Gasteiger partial charge is 0.183 e. The monoisotopic (exact) mass is 493 g/mol. The van der Waals surface area contributed by atoms with Gasteiger partial charge in [-0.05, 0) is 82.1 Å². The van der Waals surface area contributed by atoms with Crippen LogP contribution in [0.25, 0.3) is 11.3 Å². The summed E-state index contributed by atoms with van der Waals surface area (Å²) >= 11 is 0. The lowest BCUT2D eigenvalue weighted by Crippen LogP contribution is -2.07. The van der Waals surface area contributed by atoms with Gasteiger partial charge in [-0.2, -0.15) is 0 Å². The molecular weight excluding hydrogens is 454 g/mol. The topological polar surface area (TPSA) is 54.7 Å². The minimum Gasteiger partial charge on any atom is -0.290 e. The SMILES string of the molecule is C=C/C(C)=C\Cc1cnc(C2=CC(=O)C(=C)CC(C=N/C(=C\C)C3CCCC(=C)CC3)=N2)cc1C(=C)C. The Kier molecular flexibility index (Phi) is 9.85. The van der Waals surface area contributed by atoms with Crippen LogP contribution < -0.4 is 0 Å². The van der Waals surface area contributed by atoms with Crippen molar-refractivity contribution >= 4 is 29.0 Å². The number of aliphatic imine (C=N–C) groups is 2. The number of allylic oxidation sites excluding steroid dienone is 9. The molecule has 1 unspecified atom stereocenters. The summed E-state index contributed by atoms with van der Waals surface area (Å²) in [5.41, 5.74) is 8.86. The molecule has 0 aromatic carbocycles. The number of nitrogens with zero attached hydrogens (tertiary/aromatic N) is 3. The molecule has 0 saturated heterocycles. The first-order valence-electron chi connectivity index (χ1n) is 13.0. The summed E-state index contributed by atoms with van der Waals surface area (Å²) in [5, 5.41) is 0. The third-order valence-electron chi connectivity index (χ3n) is 6.96. The number of carbonyl (C=O) groups excluding carboxylic acids is 1. The Bertz CT molecular complexity index is 1270. The van der Waals surface area contributed by atoms with Gasteiger partial charge in [-0.3, -0.25) is 14.8 Å². The molecule has 0 bridgehead atoms. The third-order valence-corrected chi connectivity index (χ3v) is 6.96. The normalized spacial score (nSPS) is 19.9. The molecule has 1 aliphatic carbocycles. The first-order valence-corrected chi connectivity index (χ1v) is 13.0. The van der Waals surface area contributed by atoms with Crippen LogP contribution in [0.5, 0.6) is 0 Å². The predicted molar refractivity (Wildman–Crippen MR) is 159 cm³/mol. The van der Waals surface area contributed by atoms with E-state index < -0.39 is 0 Å². The van der Waals surface area contributed by atoms with E-state index in [9.17, 15) is 4.79 Å². The molecule has 4 nitrogen and oxygen atoms in total. The van der Waals surface area contributed by atoms with Gasteiger partial charge in [0.05, 0.1) is 17.1 Å². The summed E-state index contributed by atoms with van der Waals surface area (Å²) in [4.78, 5) is 27.1. The molecule has 4 heteroatoms. The molecule has 0 radical (unpaired) electrons. The van der Waals surface area contributed by atoms with Crippen LogP contribution in [-0.4, -0.2) is 22.7 Å². The minimum absolute atomic E-state index is 0.136. The van der Waals surface area contributed by atoms with Gasteiger partial charge in [-0.25, -0.2) is 4.99 Å². The van der Waals surface area contributed by atoms with E-state index in [1.165, 1.54) is 11.6 Å². The molecule has 2 aliphatic rings. The highest BCUT2D eigenvalue weighted by molar-refractivity contribution is 6.35. The lowest BCUT2D eigenvalue weighted by molar-refractivity contribution is -0.111. The summed E-state index contributed by atoms with van der Waals surface area (Å²) in [6.45, 7) is 22.2. The predicted octanol–water partition coefficient (Wildman–Crippen LogP) is 8.21. The van der Waals surface area contributed by atoms with E-state index in [0.717, 1.165) is 66.5 Å². The van der Waals surface area contributed by atoms with Gasteiger partial charge in [0.15, 0.2) is 5.78 Å². The highest BCUT2D eigenvalue weighted by atomic mass is 16.1. The molecule has 1 aromatic heterocycles. The fourth-order valence-corrected chi connectivity index (χ4v) is 4.61. The molecule has 0 amide bonds. The summed E-state index contributed by atoms with van der Waals surface area (Å²) in [5.74, 6) is 0.279. The fraction of sp³-hybridized carbons (Fsp3) is 0.333. The number of hydrogen-bond donors (Lipinski definition) is 0. The van der Waals surface area contributed by atoms with Crippen LogP contribution in [0.15, 0.2) is 95.3 Å². The Morgan fingerprint density at radius 1 is 1.22 bits per heavy atom. The lowest BCUT2D eigenvalue weighted by Gasteiger charge is -2.14. The van der Waals surface area contributed by atoms with Crippen molar-refractivity contribution in [3.05, 3.63) is 102 Å². The number of carbonyl (C=O) groups is 1. The Morgan fingerprint density at radius 3 is 2.70 bits per heavy atom. The van der Waals surface area contributed by atoms with E-state index in [4.69, 9.17) is 9.98 Å². The quantitative estimate of drug-likeness (QED) is 0.120. The molecule has 1 aliphatic heterocycles. The zero-order valence-electron chi connectivity index (χ0n) is 22.6. The number of hydrogen-bond acceptors (Lipinski definition) is 4. The largest absolute Gasteiger partial charge is 0.290 e. The molecule has 1 atom stereocenters. The van der Waals surface area contributed by atoms with E-state index in [-0.39, 0.29) is 5.78 Å². The Morgan fingerprint density at radius 2 is 2.00 bits per heavy atom. The second-order valence-corrected chi connectivity index (χ2v) is 9.99. The molecule has 192 valence electrons. The first-order chi connectivity index (χ1) is 17.7. The van der Waals surface area contributed by atoms with Crippen LogP contribution in [0.4, 0.5) is 0 Å². The van der Waals surface area contributed by atoms with E-state index in [0.29, 0.717) is 35.0 Å². The van der Waals surface area contributed by atoms with E-state index >= 15 is 0 Å². The molecule has 1 aromatic rings. The minimum atomic E-state index is -0.136. The number of rotatable bonds is 8. The molecule has 2 heterocycles. The molecule has 37 heavy (non-hydrogen) atoms. The summed E-state index contributed by atoms with van der Waals surface area (Å²) in [6.07, 6.45) is 17.8. The molecule has 1 fully saturated rings. The van der Waals surface area contributed by atoms with E-state index in [1.54, 1.807) is 6.21 Å². The molecule has 0 N–H and O–H groups in total. The highest BCUT2D eigenvalue weighted by Crippen LogP contribution is 2.31. The lowest BCUT2D eigenvalue weighted by atomic mass is 9.96. The van der Waals surface area contributed by atoms with Crippen molar-refractivity contribution in [2.45, 2.75) is 65.7 Å². The van der Waals surface area contributed by atoms with Gasteiger partial charge in [0.25, 0.3) is 0 Å². The van der Waals surface area contributed by atoms with Crippen molar-refractivity contribution in [1.82, 2.24) is 4.98 Å². The number of aromatic nitrogens is 1. The standard InChI is InChI=1S/C33H39N3O/c1-8-23(5)13-16-27-20-34-31(18-29(27)22(3)4)32-19-33(37)25(7)17-28(36-32)21-35-30(9-2)26-12-10-11-24(6)14-15-26/h8-9,13,18-21,26H,1,3,6-7,10-12,14-17H2,2,4-5H3/b23-13-,30-9-,35-21?. The van der Waals surface area contributed by atoms with Crippen molar-refractivity contribution in [3.63, 3.8) is 0 Å². The Hall–Kier alpha value is -3.66. The molecule has 3 rings (SSSR count). The van der Waals surface area contributed by atoms with Gasteiger partial charge in [0.2, 0.25) is 0 Å². The summed E-state index contributed by atoms with van der Waals surface area (Å²) in [7, 11) is 0. The highest BCUT2D eigenvalue weighted by Gasteiger charge is 2.19. The Balaban J connectivity index is 1.93. The van der Waals surface area contributed by atoms with Crippen molar-refractivity contribution in [2.75, 3.05) is 0 Å². The van der Waals surface area contributed by atoms with Crippen molar-refractivity contribution in [2.24, 2.45) is 15.9 Å². The second kappa shape index (κ2) is 13.0. The van der Waals surface area contributed by atoms with Crippen LogP contribution in [0.3, 0.4) is 0 Å². The fourth-order valence-electron chi connectivity index (χ4n) is 4.61. The maximum Gasteiger partial charge on any atom is 0.183 e. The Labute approximate surface area is 222 Å².